The van der Waals surface area contributed by atoms with Crippen molar-refractivity contribution in [2.24, 2.45) is 0 Å². The third kappa shape index (κ3) is 2.07. The fourth-order valence-corrected chi connectivity index (χ4v) is 2.09. The Morgan fingerprint density at radius 3 is 2.00 bits per heavy atom. The first-order valence-electron chi connectivity index (χ1n) is 4.99. The van der Waals surface area contributed by atoms with Gasteiger partial charge in [0, 0.05) is 27.0 Å². The Hall–Kier alpha value is -1.42. The van der Waals surface area contributed by atoms with E-state index in [1.165, 1.54) is 0 Å². The van der Waals surface area contributed by atoms with E-state index in [0.717, 1.165) is 32.4 Å². The quantitative estimate of drug-likeness (QED) is 0.612. The summed E-state index contributed by atoms with van der Waals surface area (Å²) in [6, 6.07) is 11.8. The van der Waals surface area contributed by atoms with Gasteiger partial charge < -0.3 is 11.5 Å². The Kier molecular flexibility index (Phi) is 2.92. The number of hydrogen-bond donors (Lipinski definition) is 2. The molecule has 4 heteroatoms. The Morgan fingerprint density at radius 2 is 1.44 bits per heavy atom. The molecule has 0 amide bonds. The Morgan fingerprint density at radius 1 is 0.875 bits per heavy atom. The second-order valence-electron chi connectivity index (χ2n) is 3.82. The largest absolute Gasteiger partial charge is 0.398 e. The van der Waals surface area contributed by atoms with Gasteiger partial charge in [0.1, 0.15) is 7.85 Å². The minimum absolute atomic E-state index is 0.727. The van der Waals surface area contributed by atoms with Crippen LogP contribution in [0.2, 0.25) is 0 Å². The molecule has 2 aromatic rings. The van der Waals surface area contributed by atoms with E-state index in [9.17, 15) is 0 Å². The minimum Gasteiger partial charge on any atom is -0.398 e. The van der Waals surface area contributed by atoms with Crippen LogP contribution < -0.4 is 16.9 Å². The van der Waals surface area contributed by atoms with Gasteiger partial charge in [-0.3, -0.25) is 0 Å². The Labute approximate surface area is 104 Å². The normalized spacial score (nSPS) is 10.3. The van der Waals surface area contributed by atoms with Crippen LogP contribution in [0.25, 0.3) is 11.1 Å². The van der Waals surface area contributed by atoms with Gasteiger partial charge in [-0.15, -0.1) is 0 Å². The Bertz CT molecular complexity index is 491. The van der Waals surface area contributed by atoms with Gasteiger partial charge in [0.2, 0.25) is 0 Å². The zero-order valence-electron chi connectivity index (χ0n) is 9.00. The molecule has 2 aromatic carbocycles. The molecule has 0 fully saturated rings. The van der Waals surface area contributed by atoms with Crippen molar-refractivity contribution < 1.29 is 0 Å². The van der Waals surface area contributed by atoms with E-state index in [4.69, 9.17) is 11.5 Å². The SMILES string of the molecule is Bc1ccc(-c2ccc(Br)cc2N)c(N)c1. The van der Waals surface area contributed by atoms with E-state index in [1.807, 2.05) is 44.2 Å². The van der Waals surface area contributed by atoms with Gasteiger partial charge in [-0.25, -0.2) is 0 Å². The monoisotopic (exact) mass is 274 g/mol. The lowest BCUT2D eigenvalue weighted by atomic mass is 9.92. The van der Waals surface area contributed by atoms with Gasteiger partial charge in [-0.05, 0) is 18.2 Å². The molecule has 0 saturated carbocycles. The molecule has 0 unspecified atom stereocenters. The molecule has 0 aliphatic rings. The summed E-state index contributed by atoms with van der Waals surface area (Å²) in [6.45, 7) is 0. The van der Waals surface area contributed by atoms with Crippen LogP contribution in [0.5, 0.6) is 0 Å². The summed E-state index contributed by atoms with van der Waals surface area (Å²) in [5.74, 6) is 0. The van der Waals surface area contributed by atoms with E-state index in [0.29, 0.717) is 0 Å². The summed E-state index contributed by atoms with van der Waals surface area (Å²) in [6.07, 6.45) is 0. The van der Waals surface area contributed by atoms with Crippen molar-refractivity contribution in [1.82, 2.24) is 0 Å². The number of nitrogens with two attached hydrogens (primary N) is 2. The van der Waals surface area contributed by atoms with Crippen molar-refractivity contribution in [3.05, 3.63) is 40.9 Å². The van der Waals surface area contributed by atoms with E-state index >= 15 is 0 Å². The molecule has 0 spiro atoms. The van der Waals surface area contributed by atoms with Gasteiger partial charge in [-0.2, -0.15) is 0 Å². The lowest BCUT2D eigenvalue weighted by molar-refractivity contribution is 1.59. The summed E-state index contributed by atoms with van der Waals surface area (Å²) < 4.78 is 0.972. The van der Waals surface area contributed by atoms with E-state index < -0.39 is 0 Å². The van der Waals surface area contributed by atoms with Gasteiger partial charge >= 0.3 is 0 Å². The molecule has 0 radical (unpaired) electrons. The summed E-state index contributed by atoms with van der Waals surface area (Å²) in [5.41, 5.74) is 16.6. The molecular formula is C12H12BBrN2. The zero-order valence-corrected chi connectivity index (χ0v) is 10.6. The fourth-order valence-electron chi connectivity index (χ4n) is 1.71. The first-order chi connectivity index (χ1) is 7.58. The molecule has 2 nitrogen and oxygen atoms in total. The third-order valence-electron chi connectivity index (χ3n) is 2.51. The average molecular weight is 275 g/mol. The van der Waals surface area contributed by atoms with Crippen LogP contribution in [-0.4, -0.2) is 7.85 Å². The van der Waals surface area contributed by atoms with Crippen LogP contribution in [0.4, 0.5) is 11.4 Å². The van der Waals surface area contributed by atoms with Gasteiger partial charge in [0.15, 0.2) is 0 Å². The maximum Gasteiger partial charge on any atom is 0.139 e. The van der Waals surface area contributed by atoms with Crippen molar-refractivity contribution in [3.63, 3.8) is 0 Å². The predicted octanol–water partition coefficient (Wildman–Crippen LogP) is 1.54. The van der Waals surface area contributed by atoms with Crippen LogP contribution in [0.15, 0.2) is 40.9 Å². The lowest BCUT2D eigenvalue weighted by Crippen LogP contribution is -2.04. The number of benzene rings is 2. The highest BCUT2D eigenvalue weighted by Gasteiger charge is 2.06. The van der Waals surface area contributed by atoms with Crippen LogP contribution in [0.1, 0.15) is 0 Å². The predicted molar refractivity (Wildman–Crippen MR) is 76.6 cm³/mol. The number of rotatable bonds is 1. The van der Waals surface area contributed by atoms with Crippen LogP contribution in [0.3, 0.4) is 0 Å². The molecule has 0 saturated heterocycles. The molecule has 80 valence electrons. The molecule has 0 bridgehead atoms. The van der Waals surface area contributed by atoms with E-state index in [2.05, 4.69) is 15.9 Å². The number of hydrogen-bond acceptors (Lipinski definition) is 2. The van der Waals surface area contributed by atoms with Crippen LogP contribution in [-0.2, 0) is 0 Å². The zero-order chi connectivity index (χ0) is 11.7. The van der Waals surface area contributed by atoms with E-state index in [1.54, 1.807) is 0 Å². The second-order valence-corrected chi connectivity index (χ2v) is 4.74. The fraction of sp³-hybridized carbons (Fsp3) is 0. The highest BCUT2D eigenvalue weighted by Crippen LogP contribution is 2.31. The Balaban J connectivity index is 2.59. The lowest BCUT2D eigenvalue weighted by Gasteiger charge is -2.10. The van der Waals surface area contributed by atoms with Gasteiger partial charge in [-0.1, -0.05) is 39.6 Å². The molecule has 0 heterocycles. The molecule has 0 aliphatic heterocycles. The third-order valence-corrected chi connectivity index (χ3v) is 3.00. The highest BCUT2D eigenvalue weighted by atomic mass is 79.9. The minimum atomic E-state index is 0.727. The molecule has 16 heavy (non-hydrogen) atoms. The van der Waals surface area contributed by atoms with Gasteiger partial charge in [0.05, 0.1) is 0 Å². The topological polar surface area (TPSA) is 52.0 Å². The van der Waals surface area contributed by atoms with Crippen molar-refractivity contribution in [2.75, 3.05) is 11.5 Å². The van der Waals surface area contributed by atoms with Crippen molar-refractivity contribution in [3.8, 4) is 11.1 Å². The molecule has 0 aliphatic carbocycles. The standard InChI is InChI=1S/C12H12BBrN2/c13-7-1-3-9(11(15)5-7)10-4-2-8(14)6-12(10)16/h1-6H,13,15-16H2. The first-order valence-corrected chi connectivity index (χ1v) is 5.79. The molecule has 2 rings (SSSR count). The number of anilines is 2. The highest BCUT2D eigenvalue weighted by molar-refractivity contribution is 9.10. The summed E-state index contributed by atoms with van der Waals surface area (Å²) in [7, 11) is 2.02. The van der Waals surface area contributed by atoms with Crippen molar-refractivity contribution >= 4 is 40.6 Å². The maximum absolute atomic E-state index is 5.99. The van der Waals surface area contributed by atoms with Crippen molar-refractivity contribution in [1.29, 1.82) is 0 Å². The van der Waals surface area contributed by atoms with E-state index in [-0.39, 0.29) is 0 Å². The van der Waals surface area contributed by atoms with Crippen LogP contribution in [0, 0.1) is 0 Å². The average Bonchev–Trinajstić information content (AvgIpc) is 2.19. The molecule has 4 N–H and O–H groups in total. The molecule has 0 aromatic heterocycles. The molecule has 0 atom stereocenters. The van der Waals surface area contributed by atoms with Gasteiger partial charge in [0.25, 0.3) is 0 Å². The smallest absolute Gasteiger partial charge is 0.139 e. The first kappa shape index (κ1) is 11.1. The molecular weight excluding hydrogens is 263 g/mol. The number of nitrogen functional groups attached to an aromatic ring is 2. The number of halogens is 1. The maximum atomic E-state index is 5.99. The van der Waals surface area contributed by atoms with Crippen molar-refractivity contribution in [2.45, 2.75) is 0 Å². The summed E-state index contributed by atoms with van der Waals surface area (Å²) >= 11 is 3.39. The summed E-state index contributed by atoms with van der Waals surface area (Å²) in [4.78, 5) is 0. The summed E-state index contributed by atoms with van der Waals surface area (Å²) in [5, 5.41) is 0. The van der Waals surface area contributed by atoms with Crippen LogP contribution >= 0.6 is 15.9 Å². The second kappa shape index (κ2) is 4.22.